The van der Waals surface area contributed by atoms with E-state index in [2.05, 4.69) is 10.3 Å². The van der Waals surface area contributed by atoms with Gasteiger partial charge in [-0.25, -0.2) is 4.79 Å². The van der Waals surface area contributed by atoms with Gasteiger partial charge in [-0.2, -0.15) is 0 Å². The van der Waals surface area contributed by atoms with Crippen LogP contribution in [0.1, 0.15) is 36.5 Å². The zero-order valence-electron chi connectivity index (χ0n) is 18.7. The van der Waals surface area contributed by atoms with Crippen molar-refractivity contribution in [3.8, 4) is 0 Å². The molecule has 2 amide bonds. The average molecular weight is 450 g/mol. The van der Waals surface area contributed by atoms with Crippen molar-refractivity contribution in [3.63, 3.8) is 0 Å². The van der Waals surface area contributed by atoms with Gasteiger partial charge in [0.2, 0.25) is 6.17 Å². The highest BCUT2D eigenvalue weighted by molar-refractivity contribution is 6.16. The van der Waals surface area contributed by atoms with Gasteiger partial charge in [0, 0.05) is 11.5 Å². The zero-order chi connectivity index (χ0) is 23.4. The summed E-state index contributed by atoms with van der Waals surface area (Å²) in [6.45, 7) is 3.60. The molecule has 0 bridgehead atoms. The zero-order valence-corrected chi connectivity index (χ0v) is 18.7. The molecular weight excluding hydrogens is 422 g/mol. The number of nitrogens with one attached hydrogen (secondary N) is 1. The third kappa shape index (κ3) is 5.22. The number of hydrogen-bond donors (Lipinski definition) is 1. The van der Waals surface area contributed by atoms with Crippen LogP contribution in [0.25, 0.3) is 0 Å². The first-order valence-electron chi connectivity index (χ1n) is 11.1. The van der Waals surface area contributed by atoms with E-state index >= 15 is 0 Å². The van der Waals surface area contributed by atoms with Gasteiger partial charge in [0.1, 0.15) is 13.2 Å². The third-order valence-electron chi connectivity index (χ3n) is 5.58. The minimum absolute atomic E-state index is 0.0681. The molecule has 1 fully saturated rings. The lowest BCUT2D eigenvalue weighted by molar-refractivity contribution is -0.142. The van der Waals surface area contributed by atoms with Gasteiger partial charge < -0.3 is 9.47 Å². The summed E-state index contributed by atoms with van der Waals surface area (Å²) < 4.78 is 10.4. The predicted molar refractivity (Wildman–Crippen MR) is 123 cm³/mol. The summed E-state index contributed by atoms with van der Waals surface area (Å²) in [6.07, 6.45) is -0.0348. The first kappa shape index (κ1) is 22.5. The number of nitrogens with zero attached hydrogens (tertiary/aromatic N) is 2. The summed E-state index contributed by atoms with van der Waals surface area (Å²) in [7, 11) is 0. The maximum atomic E-state index is 13.5. The summed E-state index contributed by atoms with van der Waals surface area (Å²) in [6, 6.07) is 15.0. The molecule has 172 valence electrons. The molecule has 8 heteroatoms. The fraction of sp³-hybridized carbons (Fsp3) is 0.360. The average Bonchev–Trinajstić information content (AvgIpc) is 3.65. The second-order valence-electron chi connectivity index (χ2n) is 8.10. The molecule has 1 heterocycles. The van der Waals surface area contributed by atoms with E-state index in [0.717, 1.165) is 35.2 Å². The largest absolute Gasteiger partial charge is 0.465 e. The number of fused-ring (bicyclic) bond motifs is 1. The highest BCUT2D eigenvalue weighted by atomic mass is 16.5. The van der Waals surface area contributed by atoms with E-state index in [1.54, 1.807) is 6.92 Å². The molecule has 2 aromatic rings. The quantitative estimate of drug-likeness (QED) is 0.654. The van der Waals surface area contributed by atoms with Crippen LogP contribution in [0, 0.1) is 12.8 Å². The standard InChI is InChI=1S/C25H27N3O5/c1-3-32-20(29)14-28-22-16(2)8-7-11-19(22)21(18-12-13-18)26-23(24(28)30)27-25(31)33-15-17-9-5-4-6-10-17/h4-11,18,23H,3,12-15H2,1-2H3,(H,27,31). The highest BCUT2D eigenvalue weighted by Crippen LogP contribution is 2.39. The number of alkyl carbamates (subject to hydrolysis) is 1. The van der Waals surface area contributed by atoms with Gasteiger partial charge in [0.05, 0.1) is 18.0 Å². The van der Waals surface area contributed by atoms with Crippen LogP contribution in [-0.4, -0.2) is 43.0 Å². The van der Waals surface area contributed by atoms with Crippen molar-refractivity contribution in [1.82, 2.24) is 5.32 Å². The first-order chi connectivity index (χ1) is 16.0. The Hall–Kier alpha value is -3.68. The lowest BCUT2D eigenvalue weighted by Gasteiger charge is -2.26. The van der Waals surface area contributed by atoms with Crippen LogP contribution < -0.4 is 10.2 Å². The van der Waals surface area contributed by atoms with E-state index in [1.807, 2.05) is 55.5 Å². The van der Waals surface area contributed by atoms with Gasteiger partial charge in [-0.3, -0.25) is 24.8 Å². The van der Waals surface area contributed by atoms with Crippen molar-refractivity contribution in [2.24, 2.45) is 10.9 Å². The maximum Gasteiger partial charge on any atom is 0.409 e. The van der Waals surface area contributed by atoms with E-state index in [1.165, 1.54) is 4.90 Å². The number of aryl methyl sites for hydroxylation is 1. The Morgan fingerprint density at radius 1 is 1.09 bits per heavy atom. The van der Waals surface area contributed by atoms with Gasteiger partial charge in [0.25, 0.3) is 5.91 Å². The Labute approximate surface area is 192 Å². The second kappa shape index (κ2) is 9.85. The summed E-state index contributed by atoms with van der Waals surface area (Å²) >= 11 is 0. The number of aliphatic imine (C=N–C) groups is 1. The van der Waals surface area contributed by atoms with Gasteiger partial charge in [-0.15, -0.1) is 0 Å². The minimum atomic E-state index is -1.20. The van der Waals surface area contributed by atoms with E-state index in [4.69, 9.17) is 9.47 Å². The molecule has 0 spiro atoms. The molecule has 1 aliphatic heterocycles. The van der Waals surface area contributed by atoms with Gasteiger partial charge in [-0.1, -0.05) is 48.5 Å². The number of anilines is 1. The van der Waals surface area contributed by atoms with Gasteiger partial charge in [0.15, 0.2) is 0 Å². The van der Waals surface area contributed by atoms with Crippen LogP contribution in [0.3, 0.4) is 0 Å². The molecule has 0 radical (unpaired) electrons. The molecule has 2 aliphatic rings. The number of amides is 2. The molecule has 2 aromatic carbocycles. The lowest BCUT2D eigenvalue weighted by Crippen LogP contribution is -2.49. The number of benzodiazepines with no additional fused rings is 1. The van der Waals surface area contributed by atoms with Gasteiger partial charge in [-0.05, 0) is 37.8 Å². The lowest BCUT2D eigenvalue weighted by atomic mass is 10.00. The molecule has 1 saturated carbocycles. The first-order valence-corrected chi connectivity index (χ1v) is 11.1. The number of ether oxygens (including phenoxy) is 2. The molecule has 1 unspecified atom stereocenters. The van der Waals surface area contributed by atoms with Crippen LogP contribution in [0.4, 0.5) is 10.5 Å². The van der Waals surface area contributed by atoms with Crippen molar-refractivity contribution < 1.29 is 23.9 Å². The molecule has 4 rings (SSSR count). The monoisotopic (exact) mass is 449 g/mol. The van der Waals surface area contributed by atoms with Crippen molar-refractivity contribution in [2.45, 2.75) is 39.5 Å². The molecule has 1 aliphatic carbocycles. The predicted octanol–water partition coefficient (Wildman–Crippen LogP) is 3.36. The number of hydrogen-bond acceptors (Lipinski definition) is 6. The van der Waals surface area contributed by atoms with E-state index in [0.29, 0.717) is 5.69 Å². The number of para-hydroxylation sites is 1. The van der Waals surface area contributed by atoms with Crippen LogP contribution in [0.15, 0.2) is 53.5 Å². The number of benzene rings is 2. The number of carbonyl (C=O) groups excluding carboxylic acids is 3. The maximum absolute atomic E-state index is 13.5. The van der Waals surface area contributed by atoms with Crippen molar-refractivity contribution >= 4 is 29.4 Å². The molecular formula is C25H27N3O5. The normalized spacial score (nSPS) is 17.5. The topological polar surface area (TPSA) is 97.3 Å². The Morgan fingerprint density at radius 3 is 2.55 bits per heavy atom. The fourth-order valence-electron chi connectivity index (χ4n) is 3.89. The Bertz CT molecular complexity index is 1080. The van der Waals surface area contributed by atoms with Crippen LogP contribution in [0.2, 0.25) is 0 Å². The van der Waals surface area contributed by atoms with Crippen LogP contribution in [-0.2, 0) is 25.7 Å². The van der Waals surface area contributed by atoms with E-state index in [-0.39, 0.29) is 25.7 Å². The summed E-state index contributed by atoms with van der Waals surface area (Å²) in [5.41, 5.74) is 3.86. The number of carbonyl (C=O) groups is 3. The van der Waals surface area contributed by atoms with Crippen molar-refractivity contribution in [3.05, 3.63) is 65.2 Å². The Kier molecular flexibility index (Phi) is 6.72. The Morgan fingerprint density at radius 2 is 1.85 bits per heavy atom. The van der Waals surface area contributed by atoms with Gasteiger partial charge >= 0.3 is 12.1 Å². The molecule has 33 heavy (non-hydrogen) atoms. The summed E-state index contributed by atoms with van der Waals surface area (Å²) in [5, 5.41) is 2.59. The van der Waals surface area contributed by atoms with E-state index in [9.17, 15) is 14.4 Å². The molecule has 0 aromatic heterocycles. The molecule has 0 saturated heterocycles. The summed E-state index contributed by atoms with van der Waals surface area (Å²) in [5.74, 6) is -0.822. The fourth-order valence-corrected chi connectivity index (χ4v) is 3.89. The SMILES string of the molecule is CCOC(=O)CN1C(=O)C(NC(=O)OCc2ccccc2)N=C(C2CC2)c2cccc(C)c21. The highest BCUT2D eigenvalue weighted by Gasteiger charge is 2.39. The molecule has 1 atom stereocenters. The minimum Gasteiger partial charge on any atom is -0.465 e. The second-order valence-corrected chi connectivity index (χ2v) is 8.10. The van der Waals surface area contributed by atoms with Crippen LogP contribution in [0.5, 0.6) is 0 Å². The summed E-state index contributed by atoms with van der Waals surface area (Å²) in [4.78, 5) is 44.4. The van der Waals surface area contributed by atoms with E-state index < -0.39 is 24.1 Å². The molecule has 1 N–H and O–H groups in total. The number of rotatable bonds is 7. The number of esters is 1. The smallest absolute Gasteiger partial charge is 0.409 e. The third-order valence-corrected chi connectivity index (χ3v) is 5.58. The van der Waals surface area contributed by atoms with Crippen LogP contribution >= 0.6 is 0 Å². The van der Waals surface area contributed by atoms with Crippen molar-refractivity contribution in [2.75, 3.05) is 18.1 Å². The Balaban J connectivity index is 1.62. The van der Waals surface area contributed by atoms with Crippen molar-refractivity contribution in [1.29, 1.82) is 0 Å². The molecule has 8 nitrogen and oxygen atoms in total.